The van der Waals surface area contributed by atoms with Crippen LogP contribution in [-0.4, -0.2) is 15.0 Å². The molecule has 0 unspecified atom stereocenters. The number of benzene rings is 6. The highest BCUT2D eigenvalue weighted by atomic mass is 16.3. The summed E-state index contributed by atoms with van der Waals surface area (Å²) < 4.78 is 6.99. The average Bonchev–Trinajstić information content (AvgIpc) is 3.74. The molecule has 4 heteroatoms. The van der Waals surface area contributed by atoms with E-state index in [1.807, 2.05) is 60.7 Å². The highest BCUT2D eigenvalue weighted by Crippen LogP contribution is 2.69. The van der Waals surface area contributed by atoms with Gasteiger partial charge in [-0.15, -0.1) is 0 Å². The van der Waals surface area contributed by atoms with Gasteiger partial charge >= 0.3 is 0 Å². The summed E-state index contributed by atoms with van der Waals surface area (Å²) in [5.74, 6) is 5.24. The van der Waals surface area contributed by atoms with Gasteiger partial charge < -0.3 is 4.42 Å². The smallest absolute Gasteiger partial charge is 0.167 e. The van der Waals surface area contributed by atoms with Gasteiger partial charge in [0, 0.05) is 32.9 Å². The molecule has 2 aromatic heterocycles. The SMILES string of the molecule is c1ccc(-c2nc(-c3ccccc3)nc(-c3cccc4c3oc3c(-c5ccc6c(c5)-c5ccccc5C65C6CC7CC(C6)CC5C7)cccc34)n2)cc1. The number of hydrogen-bond acceptors (Lipinski definition) is 4. The molecule has 254 valence electrons. The number of aromatic nitrogens is 3. The number of fused-ring (bicyclic) bond motifs is 6. The zero-order chi connectivity index (χ0) is 34.7. The molecule has 0 saturated heterocycles. The van der Waals surface area contributed by atoms with Crippen molar-refractivity contribution in [2.75, 3.05) is 0 Å². The Morgan fingerprint density at radius 2 is 0.943 bits per heavy atom. The summed E-state index contributed by atoms with van der Waals surface area (Å²) in [6.07, 6.45) is 7.04. The molecule has 53 heavy (non-hydrogen) atoms. The van der Waals surface area contributed by atoms with E-state index in [1.54, 1.807) is 11.1 Å². The minimum absolute atomic E-state index is 0.167. The van der Waals surface area contributed by atoms with Gasteiger partial charge in [-0.3, -0.25) is 0 Å². The van der Waals surface area contributed by atoms with Gasteiger partial charge in [-0.05, 0) is 95.7 Å². The second kappa shape index (κ2) is 11.1. The standard InChI is InChI=1S/C49H37N3O/c1-3-11-31(12-4-1)46-50-47(32-13-5-2-6-14-32)52-48(51-46)40-19-10-18-39-38-17-9-16-36(44(38)53-45(39)40)33-21-22-43-41(28-33)37-15-7-8-20-42(37)49(43)34-24-29-23-30(26-34)27-35(49)25-29/h1-22,28-30,34-35H,23-27H2. The van der Waals surface area contributed by atoms with E-state index >= 15 is 0 Å². The maximum atomic E-state index is 6.99. The highest BCUT2D eigenvalue weighted by Gasteiger charge is 2.61. The quantitative estimate of drug-likeness (QED) is 0.185. The molecule has 4 saturated carbocycles. The fraction of sp³-hybridized carbons (Fsp3) is 0.204. The zero-order valence-corrected chi connectivity index (χ0v) is 29.4. The lowest BCUT2D eigenvalue weighted by atomic mass is 9.43. The fourth-order valence-corrected chi connectivity index (χ4v) is 11.5. The van der Waals surface area contributed by atoms with Crippen LogP contribution in [0.15, 0.2) is 144 Å². The molecule has 6 aromatic carbocycles. The zero-order valence-electron chi connectivity index (χ0n) is 29.4. The van der Waals surface area contributed by atoms with E-state index in [0.717, 1.165) is 67.9 Å². The first-order chi connectivity index (χ1) is 26.2. The van der Waals surface area contributed by atoms with Crippen molar-refractivity contribution in [3.63, 3.8) is 0 Å². The monoisotopic (exact) mass is 683 g/mol. The van der Waals surface area contributed by atoms with Crippen molar-refractivity contribution < 1.29 is 4.42 Å². The number of rotatable bonds is 4. The van der Waals surface area contributed by atoms with Crippen molar-refractivity contribution in [1.29, 1.82) is 0 Å². The molecule has 8 aromatic rings. The maximum absolute atomic E-state index is 6.99. The van der Waals surface area contributed by atoms with Crippen molar-refractivity contribution >= 4 is 21.9 Å². The van der Waals surface area contributed by atoms with E-state index in [1.165, 1.54) is 48.8 Å². The predicted octanol–water partition coefficient (Wildman–Crippen LogP) is 12.2. The Morgan fingerprint density at radius 1 is 0.415 bits per heavy atom. The topological polar surface area (TPSA) is 51.8 Å². The second-order valence-corrected chi connectivity index (χ2v) is 16.0. The summed E-state index contributed by atoms with van der Waals surface area (Å²) in [6.45, 7) is 0. The molecular formula is C49H37N3O. The van der Waals surface area contributed by atoms with Gasteiger partial charge in [0.05, 0.1) is 5.56 Å². The molecule has 13 rings (SSSR count). The van der Waals surface area contributed by atoms with Crippen LogP contribution in [0.2, 0.25) is 0 Å². The summed E-state index contributed by atoms with van der Waals surface area (Å²) in [5.41, 5.74) is 12.9. The lowest BCUT2D eigenvalue weighted by molar-refractivity contribution is -0.0399. The molecule has 1 spiro atoms. The van der Waals surface area contributed by atoms with Crippen LogP contribution < -0.4 is 0 Å². The Kier molecular flexibility index (Phi) is 6.20. The minimum Gasteiger partial charge on any atom is -0.455 e. The Hall–Kier alpha value is -5.87. The molecule has 0 amide bonds. The summed E-state index contributed by atoms with van der Waals surface area (Å²) in [6, 6.07) is 49.9. The first-order valence-electron chi connectivity index (χ1n) is 19.3. The first kappa shape index (κ1) is 29.7. The Bertz CT molecular complexity index is 2660. The van der Waals surface area contributed by atoms with Crippen LogP contribution in [-0.2, 0) is 5.41 Å². The highest BCUT2D eigenvalue weighted by molar-refractivity contribution is 6.13. The van der Waals surface area contributed by atoms with Crippen LogP contribution in [0, 0.1) is 23.7 Å². The van der Waals surface area contributed by atoms with Gasteiger partial charge in [0.15, 0.2) is 17.5 Å². The third kappa shape index (κ3) is 4.21. The molecule has 0 N–H and O–H groups in total. The molecule has 0 radical (unpaired) electrons. The lowest BCUT2D eigenvalue weighted by Crippen LogP contribution is -2.55. The molecule has 5 aliphatic carbocycles. The maximum Gasteiger partial charge on any atom is 0.167 e. The fourth-order valence-electron chi connectivity index (χ4n) is 11.5. The van der Waals surface area contributed by atoms with Crippen LogP contribution in [0.5, 0.6) is 0 Å². The van der Waals surface area contributed by atoms with Gasteiger partial charge in [-0.1, -0.05) is 127 Å². The Balaban J connectivity index is 1.03. The van der Waals surface area contributed by atoms with Crippen molar-refractivity contribution in [2.24, 2.45) is 23.7 Å². The first-order valence-corrected chi connectivity index (χ1v) is 19.3. The Morgan fingerprint density at radius 3 is 1.60 bits per heavy atom. The van der Waals surface area contributed by atoms with Crippen LogP contribution in [0.3, 0.4) is 0 Å². The third-order valence-corrected chi connectivity index (χ3v) is 13.3. The second-order valence-electron chi connectivity index (χ2n) is 16.0. The summed E-state index contributed by atoms with van der Waals surface area (Å²) in [5, 5.41) is 2.15. The van der Waals surface area contributed by atoms with Gasteiger partial charge in [-0.25, -0.2) is 15.0 Å². The summed E-state index contributed by atoms with van der Waals surface area (Å²) >= 11 is 0. The average molecular weight is 684 g/mol. The van der Waals surface area contributed by atoms with Gasteiger partial charge in [-0.2, -0.15) is 0 Å². The van der Waals surface area contributed by atoms with E-state index in [9.17, 15) is 0 Å². The largest absolute Gasteiger partial charge is 0.455 e. The lowest BCUT2D eigenvalue weighted by Gasteiger charge is -2.61. The number of para-hydroxylation sites is 2. The van der Waals surface area contributed by atoms with Crippen molar-refractivity contribution in [1.82, 2.24) is 15.0 Å². The molecule has 0 aliphatic heterocycles. The molecule has 4 bridgehead atoms. The van der Waals surface area contributed by atoms with Crippen molar-refractivity contribution in [3.8, 4) is 56.4 Å². The van der Waals surface area contributed by atoms with Crippen LogP contribution in [0.1, 0.15) is 43.2 Å². The Labute approximate surface area is 308 Å². The van der Waals surface area contributed by atoms with E-state index in [0.29, 0.717) is 17.5 Å². The summed E-state index contributed by atoms with van der Waals surface area (Å²) in [7, 11) is 0. The van der Waals surface area contributed by atoms with Gasteiger partial charge in [0.25, 0.3) is 0 Å². The normalized spacial score (nSPS) is 23.5. The molecular weight excluding hydrogens is 647 g/mol. The molecule has 2 heterocycles. The predicted molar refractivity (Wildman–Crippen MR) is 212 cm³/mol. The van der Waals surface area contributed by atoms with Crippen molar-refractivity contribution in [3.05, 3.63) is 151 Å². The van der Waals surface area contributed by atoms with E-state index in [-0.39, 0.29) is 5.41 Å². The molecule has 5 aliphatic rings. The van der Waals surface area contributed by atoms with Crippen LogP contribution in [0.25, 0.3) is 78.4 Å². The molecule has 4 nitrogen and oxygen atoms in total. The summed E-state index contributed by atoms with van der Waals surface area (Å²) in [4.78, 5) is 15.0. The number of hydrogen-bond donors (Lipinski definition) is 0. The number of nitrogens with zero attached hydrogens (tertiary/aromatic N) is 3. The third-order valence-electron chi connectivity index (χ3n) is 13.3. The van der Waals surface area contributed by atoms with Gasteiger partial charge in [0.2, 0.25) is 0 Å². The van der Waals surface area contributed by atoms with E-state index in [2.05, 4.69) is 78.9 Å². The van der Waals surface area contributed by atoms with E-state index < -0.39 is 0 Å². The molecule has 4 fully saturated rings. The van der Waals surface area contributed by atoms with Crippen LogP contribution in [0.4, 0.5) is 0 Å². The minimum atomic E-state index is 0.167. The van der Waals surface area contributed by atoms with Crippen LogP contribution >= 0.6 is 0 Å². The van der Waals surface area contributed by atoms with E-state index in [4.69, 9.17) is 19.4 Å². The van der Waals surface area contributed by atoms with Crippen molar-refractivity contribution in [2.45, 2.75) is 37.5 Å². The van der Waals surface area contributed by atoms with Gasteiger partial charge in [0.1, 0.15) is 11.2 Å². The molecule has 0 atom stereocenters. The number of furan rings is 1.